The molecule has 0 aromatic heterocycles. The number of unbranched alkanes of at least 4 members (excludes halogenated alkanes) is 15. The Kier molecular flexibility index (Phi) is 32.2. The second-order valence-corrected chi connectivity index (χ2v) is 12.1. The van der Waals surface area contributed by atoms with Gasteiger partial charge in [-0.3, -0.25) is 14.4 Å². The summed E-state index contributed by atoms with van der Waals surface area (Å²) in [4.78, 5) is 34.7. The lowest BCUT2D eigenvalue weighted by molar-refractivity contribution is -0.147. The van der Waals surface area contributed by atoms with Gasteiger partial charge in [0.1, 0.15) is 12.6 Å². The molecule has 0 heterocycles. The van der Waals surface area contributed by atoms with Gasteiger partial charge in [0.15, 0.2) is 0 Å². The van der Waals surface area contributed by atoms with Crippen molar-refractivity contribution in [1.82, 2.24) is 5.32 Å². The van der Waals surface area contributed by atoms with E-state index < -0.39 is 5.97 Å². The standard InChI is InChI=1S/C39H67NO5/c1-3-5-7-9-11-13-14-15-16-17-18-20-26-30-34-39(44)45-36(31-27-23-19-12-10-8-6-4-2)32-28-24-21-22-25-29-33-37(41)40-35-38(42)43/h9,11-12,14-15,19,27,31,36H,3-8,10,13,16-18,20-26,28-30,32-35H2,1-2H3,(H,40,41)(H,42,43)/b11-9-,15-14-,19-12-,31-27-. The van der Waals surface area contributed by atoms with Crippen LogP contribution < -0.4 is 5.32 Å². The van der Waals surface area contributed by atoms with Crippen molar-refractivity contribution in [1.29, 1.82) is 0 Å². The van der Waals surface area contributed by atoms with Crippen molar-refractivity contribution < 1.29 is 24.2 Å². The molecule has 0 rings (SSSR count). The third-order valence-electron chi connectivity index (χ3n) is 7.71. The Morgan fingerprint density at radius 2 is 1.11 bits per heavy atom. The summed E-state index contributed by atoms with van der Waals surface area (Å²) < 4.78 is 5.88. The monoisotopic (exact) mass is 630 g/mol. The highest BCUT2D eigenvalue weighted by Gasteiger charge is 2.11. The van der Waals surface area contributed by atoms with E-state index in [4.69, 9.17) is 9.84 Å². The first-order valence-corrected chi connectivity index (χ1v) is 18.3. The second kappa shape index (κ2) is 34.2. The molecule has 0 aromatic rings. The fourth-order valence-electron chi connectivity index (χ4n) is 4.95. The Bertz CT molecular complexity index is 829. The van der Waals surface area contributed by atoms with E-state index >= 15 is 0 Å². The van der Waals surface area contributed by atoms with Crippen molar-refractivity contribution >= 4 is 17.8 Å². The summed E-state index contributed by atoms with van der Waals surface area (Å²) in [5, 5.41) is 11.0. The number of hydrogen-bond donors (Lipinski definition) is 2. The van der Waals surface area contributed by atoms with Gasteiger partial charge in [-0.25, -0.2) is 0 Å². The molecule has 0 aliphatic heterocycles. The highest BCUT2D eigenvalue weighted by atomic mass is 16.5. The molecule has 0 saturated carbocycles. The third kappa shape index (κ3) is 34.1. The molecule has 0 fully saturated rings. The van der Waals surface area contributed by atoms with Crippen molar-refractivity contribution in [2.24, 2.45) is 0 Å². The Morgan fingerprint density at radius 1 is 0.600 bits per heavy atom. The van der Waals surface area contributed by atoms with E-state index in [1.807, 2.05) is 0 Å². The molecule has 0 aromatic carbocycles. The van der Waals surface area contributed by atoms with E-state index in [1.165, 1.54) is 57.8 Å². The van der Waals surface area contributed by atoms with Crippen LogP contribution in [0.2, 0.25) is 0 Å². The number of allylic oxidation sites excluding steroid dienone is 7. The molecule has 258 valence electrons. The fraction of sp³-hybridized carbons (Fsp3) is 0.718. The zero-order valence-corrected chi connectivity index (χ0v) is 29.0. The molecule has 1 unspecified atom stereocenters. The first kappa shape index (κ1) is 42.4. The van der Waals surface area contributed by atoms with Crippen molar-refractivity contribution in [3.63, 3.8) is 0 Å². The van der Waals surface area contributed by atoms with Gasteiger partial charge in [0, 0.05) is 12.8 Å². The highest BCUT2D eigenvalue weighted by Crippen LogP contribution is 2.15. The summed E-state index contributed by atoms with van der Waals surface area (Å²) in [6.07, 6.45) is 42.4. The molecule has 0 spiro atoms. The summed E-state index contributed by atoms with van der Waals surface area (Å²) >= 11 is 0. The molecule has 0 saturated heterocycles. The number of esters is 1. The number of aliphatic carboxylic acids is 1. The minimum atomic E-state index is -1.02. The van der Waals surface area contributed by atoms with Crippen molar-refractivity contribution in [2.45, 2.75) is 174 Å². The van der Waals surface area contributed by atoms with Gasteiger partial charge >= 0.3 is 11.9 Å². The van der Waals surface area contributed by atoms with Crippen LogP contribution in [0, 0.1) is 0 Å². The lowest BCUT2D eigenvalue weighted by Gasteiger charge is -2.14. The maximum atomic E-state index is 12.6. The van der Waals surface area contributed by atoms with Crippen LogP contribution in [-0.2, 0) is 19.1 Å². The number of rotatable bonds is 32. The molecule has 1 atom stereocenters. The molecule has 0 bridgehead atoms. The number of carbonyl (C=O) groups is 3. The Balaban J connectivity index is 4.23. The number of carboxylic acids is 1. The van der Waals surface area contributed by atoms with Crippen LogP contribution in [0.25, 0.3) is 0 Å². The number of nitrogens with one attached hydrogen (secondary N) is 1. The predicted octanol–water partition coefficient (Wildman–Crippen LogP) is 10.7. The van der Waals surface area contributed by atoms with Gasteiger partial charge in [0.05, 0.1) is 0 Å². The van der Waals surface area contributed by atoms with E-state index in [2.05, 4.69) is 67.8 Å². The van der Waals surface area contributed by atoms with Gasteiger partial charge in [0.2, 0.25) is 5.91 Å². The van der Waals surface area contributed by atoms with E-state index in [0.717, 1.165) is 83.5 Å². The van der Waals surface area contributed by atoms with E-state index in [9.17, 15) is 14.4 Å². The zero-order valence-electron chi connectivity index (χ0n) is 29.0. The van der Waals surface area contributed by atoms with Gasteiger partial charge < -0.3 is 15.2 Å². The Hall–Kier alpha value is -2.63. The first-order valence-electron chi connectivity index (χ1n) is 18.3. The number of carbonyl (C=O) groups excluding carboxylic acids is 2. The molecular formula is C39H67NO5. The van der Waals surface area contributed by atoms with Gasteiger partial charge in [-0.15, -0.1) is 0 Å². The lowest BCUT2D eigenvalue weighted by Crippen LogP contribution is -2.28. The van der Waals surface area contributed by atoms with Gasteiger partial charge in [-0.2, -0.15) is 0 Å². The molecule has 0 aliphatic rings. The van der Waals surface area contributed by atoms with Crippen molar-refractivity contribution in [3.8, 4) is 0 Å². The summed E-state index contributed by atoms with van der Waals surface area (Å²) in [6, 6.07) is 0. The lowest BCUT2D eigenvalue weighted by atomic mass is 10.1. The van der Waals surface area contributed by atoms with Crippen LogP contribution in [0.5, 0.6) is 0 Å². The average Bonchev–Trinajstić information content (AvgIpc) is 3.02. The topological polar surface area (TPSA) is 92.7 Å². The van der Waals surface area contributed by atoms with Crippen LogP contribution in [0.1, 0.15) is 168 Å². The fourth-order valence-corrected chi connectivity index (χ4v) is 4.95. The molecular weight excluding hydrogens is 562 g/mol. The molecule has 45 heavy (non-hydrogen) atoms. The Labute approximate surface area is 276 Å². The summed E-state index contributed by atoms with van der Waals surface area (Å²) in [5.41, 5.74) is 0. The molecule has 2 N–H and O–H groups in total. The molecule has 6 heteroatoms. The summed E-state index contributed by atoms with van der Waals surface area (Å²) in [6.45, 7) is 4.13. The number of ether oxygens (including phenoxy) is 1. The third-order valence-corrected chi connectivity index (χ3v) is 7.71. The smallest absolute Gasteiger partial charge is 0.322 e. The van der Waals surface area contributed by atoms with Gasteiger partial charge in [0.25, 0.3) is 0 Å². The highest BCUT2D eigenvalue weighted by molar-refractivity contribution is 5.80. The van der Waals surface area contributed by atoms with Crippen LogP contribution in [0.4, 0.5) is 0 Å². The number of hydrogen-bond acceptors (Lipinski definition) is 4. The summed E-state index contributed by atoms with van der Waals surface area (Å²) in [7, 11) is 0. The maximum absolute atomic E-state index is 12.6. The van der Waals surface area contributed by atoms with Crippen LogP contribution in [0.3, 0.4) is 0 Å². The Morgan fingerprint density at radius 3 is 1.73 bits per heavy atom. The molecule has 1 amide bonds. The molecule has 0 radical (unpaired) electrons. The number of carboxylic acid groups (broad SMARTS) is 1. The quantitative estimate of drug-likeness (QED) is 0.0439. The van der Waals surface area contributed by atoms with E-state index in [1.54, 1.807) is 0 Å². The largest absolute Gasteiger partial charge is 0.480 e. The molecule has 0 aliphatic carbocycles. The normalized spacial score (nSPS) is 12.6. The zero-order chi connectivity index (χ0) is 33.1. The minimum absolute atomic E-state index is 0.0872. The van der Waals surface area contributed by atoms with Crippen LogP contribution in [0.15, 0.2) is 48.6 Å². The average molecular weight is 630 g/mol. The van der Waals surface area contributed by atoms with Gasteiger partial charge in [-0.05, 0) is 76.7 Å². The SMILES string of the molecule is CCCC/C=C\C/C=C\CCCCCCCC(=O)OC(/C=C\C/C=C\CCCCC)CCCCCCCCC(=O)NCC(=O)O. The summed E-state index contributed by atoms with van der Waals surface area (Å²) in [5.74, 6) is -1.31. The van der Waals surface area contributed by atoms with Crippen LogP contribution >= 0.6 is 0 Å². The van der Waals surface area contributed by atoms with Crippen LogP contribution in [-0.4, -0.2) is 35.6 Å². The number of amides is 1. The van der Waals surface area contributed by atoms with E-state index in [-0.39, 0.29) is 24.5 Å². The second-order valence-electron chi connectivity index (χ2n) is 12.1. The molecule has 6 nitrogen and oxygen atoms in total. The van der Waals surface area contributed by atoms with Crippen molar-refractivity contribution in [2.75, 3.05) is 6.54 Å². The van der Waals surface area contributed by atoms with Gasteiger partial charge in [-0.1, -0.05) is 127 Å². The first-order chi connectivity index (χ1) is 22.0. The predicted molar refractivity (Wildman–Crippen MR) is 189 cm³/mol. The minimum Gasteiger partial charge on any atom is -0.480 e. The van der Waals surface area contributed by atoms with E-state index in [0.29, 0.717) is 12.8 Å². The van der Waals surface area contributed by atoms with Crippen molar-refractivity contribution in [3.05, 3.63) is 48.6 Å². The maximum Gasteiger partial charge on any atom is 0.322 e.